The first kappa shape index (κ1) is 14.4. The highest BCUT2D eigenvalue weighted by Gasteiger charge is 2.29. The Bertz CT molecular complexity index is 184. The fraction of sp³-hybridized carbons (Fsp3) is 0.875. The van der Waals surface area contributed by atoms with E-state index in [4.69, 9.17) is 15.3 Å². The fourth-order valence-corrected chi connectivity index (χ4v) is 0.777. The van der Waals surface area contributed by atoms with Gasteiger partial charge in [0.15, 0.2) is 5.78 Å². The van der Waals surface area contributed by atoms with E-state index in [1.807, 2.05) is 0 Å². The predicted molar refractivity (Wildman–Crippen MR) is 47.7 cm³/mol. The van der Waals surface area contributed by atoms with E-state index in [1.165, 1.54) is 0 Å². The molecule has 0 aromatic rings. The van der Waals surface area contributed by atoms with Crippen molar-refractivity contribution in [2.24, 2.45) is 0 Å². The van der Waals surface area contributed by atoms with Gasteiger partial charge in [0.25, 0.3) is 0 Å². The first-order chi connectivity index (χ1) is 7.04. The lowest BCUT2D eigenvalue weighted by Gasteiger charge is -2.19. The summed E-state index contributed by atoms with van der Waals surface area (Å²) in [5.41, 5.74) is 0. The third-order valence-electron chi connectivity index (χ3n) is 1.64. The van der Waals surface area contributed by atoms with E-state index in [0.29, 0.717) is 0 Å². The predicted octanol–water partition coefficient (Wildman–Crippen LogP) is -2.40. The van der Waals surface area contributed by atoms with Crippen LogP contribution in [0.15, 0.2) is 0 Å². The SMILES string of the molecule is CCOOCC(=O)C(O)C(O)C(O)CO. The standard InChI is InChI=1S/C8H16O7/c1-2-14-15-4-6(11)8(13)7(12)5(10)3-9/h5,7-10,12-13H,2-4H2,1H3. The summed E-state index contributed by atoms with van der Waals surface area (Å²) in [4.78, 5) is 19.8. The van der Waals surface area contributed by atoms with E-state index in [2.05, 4.69) is 9.78 Å². The first-order valence-electron chi connectivity index (χ1n) is 4.46. The summed E-state index contributed by atoms with van der Waals surface area (Å²) in [5.74, 6) is -0.844. The molecule has 0 radical (unpaired) electrons. The maximum Gasteiger partial charge on any atom is 0.192 e. The molecule has 0 aromatic heterocycles. The van der Waals surface area contributed by atoms with Gasteiger partial charge in [-0.25, -0.2) is 9.78 Å². The van der Waals surface area contributed by atoms with Crippen LogP contribution in [0.2, 0.25) is 0 Å². The Labute approximate surface area is 86.8 Å². The zero-order valence-electron chi connectivity index (χ0n) is 8.37. The van der Waals surface area contributed by atoms with Crippen LogP contribution in [0.5, 0.6) is 0 Å². The van der Waals surface area contributed by atoms with E-state index >= 15 is 0 Å². The Hall–Kier alpha value is -0.570. The molecule has 0 bridgehead atoms. The molecule has 15 heavy (non-hydrogen) atoms. The largest absolute Gasteiger partial charge is 0.394 e. The quantitative estimate of drug-likeness (QED) is 0.206. The van der Waals surface area contributed by atoms with Gasteiger partial charge in [0, 0.05) is 0 Å². The molecule has 7 nitrogen and oxygen atoms in total. The molecule has 0 saturated heterocycles. The van der Waals surface area contributed by atoms with E-state index in [0.717, 1.165) is 0 Å². The van der Waals surface area contributed by atoms with Gasteiger partial charge in [0.05, 0.1) is 13.2 Å². The molecule has 3 unspecified atom stereocenters. The minimum absolute atomic E-state index is 0.241. The average Bonchev–Trinajstić information content (AvgIpc) is 2.26. The second kappa shape index (κ2) is 7.69. The fourth-order valence-electron chi connectivity index (χ4n) is 0.777. The van der Waals surface area contributed by atoms with Crippen molar-refractivity contribution in [2.75, 3.05) is 19.8 Å². The van der Waals surface area contributed by atoms with Crippen LogP contribution in [0.4, 0.5) is 0 Å². The van der Waals surface area contributed by atoms with Gasteiger partial charge >= 0.3 is 0 Å². The highest BCUT2D eigenvalue weighted by Crippen LogP contribution is 2.01. The van der Waals surface area contributed by atoms with Crippen molar-refractivity contribution in [3.63, 3.8) is 0 Å². The Kier molecular flexibility index (Phi) is 7.39. The molecular formula is C8H16O7. The molecule has 0 aliphatic carbocycles. The van der Waals surface area contributed by atoms with Crippen molar-refractivity contribution in [3.8, 4) is 0 Å². The minimum atomic E-state index is -1.81. The van der Waals surface area contributed by atoms with Crippen LogP contribution in [0, 0.1) is 0 Å². The molecule has 4 N–H and O–H groups in total. The molecule has 3 atom stereocenters. The molecule has 7 heteroatoms. The van der Waals surface area contributed by atoms with Gasteiger partial charge in [-0.05, 0) is 6.92 Å². The van der Waals surface area contributed by atoms with Crippen molar-refractivity contribution in [1.29, 1.82) is 0 Å². The molecule has 0 aliphatic rings. The van der Waals surface area contributed by atoms with Crippen LogP contribution in [0.25, 0.3) is 0 Å². The van der Waals surface area contributed by atoms with Crippen molar-refractivity contribution >= 4 is 5.78 Å². The molecule has 0 fully saturated rings. The van der Waals surface area contributed by atoms with Gasteiger partial charge in [-0.1, -0.05) is 0 Å². The lowest BCUT2D eigenvalue weighted by atomic mass is 10.1. The van der Waals surface area contributed by atoms with Crippen LogP contribution in [0.3, 0.4) is 0 Å². The van der Waals surface area contributed by atoms with Gasteiger partial charge in [-0.15, -0.1) is 0 Å². The first-order valence-corrected chi connectivity index (χ1v) is 4.46. The Balaban J connectivity index is 3.96. The molecule has 0 aliphatic heterocycles. The number of rotatable bonds is 8. The number of aliphatic hydroxyl groups excluding tert-OH is 4. The number of hydrogen-bond donors (Lipinski definition) is 4. The Morgan fingerprint density at radius 3 is 2.33 bits per heavy atom. The van der Waals surface area contributed by atoms with Gasteiger partial charge in [-0.3, -0.25) is 4.79 Å². The van der Waals surface area contributed by atoms with E-state index < -0.39 is 37.3 Å². The zero-order valence-corrected chi connectivity index (χ0v) is 8.37. The number of aliphatic hydroxyl groups is 4. The van der Waals surface area contributed by atoms with Crippen LogP contribution in [0.1, 0.15) is 6.92 Å². The highest BCUT2D eigenvalue weighted by atomic mass is 17.2. The monoisotopic (exact) mass is 224 g/mol. The van der Waals surface area contributed by atoms with Crippen LogP contribution >= 0.6 is 0 Å². The molecular weight excluding hydrogens is 208 g/mol. The number of Topliss-reactive ketones (excluding diaryl/α,β-unsaturated/α-hetero) is 1. The van der Waals surface area contributed by atoms with Crippen molar-refractivity contribution in [3.05, 3.63) is 0 Å². The van der Waals surface area contributed by atoms with Crippen molar-refractivity contribution in [2.45, 2.75) is 25.2 Å². The maximum absolute atomic E-state index is 11.1. The third-order valence-corrected chi connectivity index (χ3v) is 1.64. The zero-order chi connectivity index (χ0) is 11.8. The summed E-state index contributed by atoms with van der Waals surface area (Å²) in [7, 11) is 0. The second-order valence-electron chi connectivity index (χ2n) is 2.82. The number of carbonyl (C=O) groups is 1. The third kappa shape index (κ3) is 5.17. The summed E-state index contributed by atoms with van der Waals surface area (Å²) in [5, 5.41) is 35.7. The van der Waals surface area contributed by atoms with E-state index in [-0.39, 0.29) is 6.61 Å². The van der Waals surface area contributed by atoms with Crippen LogP contribution in [-0.4, -0.2) is 64.3 Å². The second-order valence-corrected chi connectivity index (χ2v) is 2.82. The summed E-state index contributed by atoms with van der Waals surface area (Å²) in [6.07, 6.45) is -5.13. The Morgan fingerprint density at radius 2 is 1.87 bits per heavy atom. The minimum Gasteiger partial charge on any atom is -0.394 e. The normalized spacial score (nSPS) is 17.1. The molecule has 0 saturated carbocycles. The number of carbonyl (C=O) groups excluding carboxylic acids is 1. The highest BCUT2D eigenvalue weighted by molar-refractivity contribution is 5.84. The van der Waals surface area contributed by atoms with Crippen LogP contribution in [-0.2, 0) is 14.6 Å². The smallest absolute Gasteiger partial charge is 0.192 e. The molecule has 0 rings (SSSR count). The molecule has 0 heterocycles. The van der Waals surface area contributed by atoms with Gasteiger partial charge in [-0.2, -0.15) is 0 Å². The van der Waals surface area contributed by atoms with Gasteiger partial charge < -0.3 is 20.4 Å². The van der Waals surface area contributed by atoms with Gasteiger partial charge in [0.2, 0.25) is 0 Å². The molecule has 0 aromatic carbocycles. The number of hydrogen-bond acceptors (Lipinski definition) is 7. The van der Waals surface area contributed by atoms with Crippen molar-refractivity contribution in [1.82, 2.24) is 0 Å². The average molecular weight is 224 g/mol. The molecule has 0 spiro atoms. The molecule has 0 amide bonds. The lowest BCUT2D eigenvalue weighted by molar-refractivity contribution is -0.287. The summed E-state index contributed by atoms with van der Waals surface area (Å²) in [6.45, 7) is 0.596. The number of ketones is 1. The Morgan fingerprint density at radius 1 is 1.27 bits per heavy atom. The maximum atomic E-state index is 11.1. The summed E-state index contributed by atoms with van der Waals surface area (Å²) < 4.78 is 0. The lowest BCUT2D eigenvalue weighted by Crippen LogP contribution is -2.45. The summed E-state index contributed by atoms with van der Waals surface area (Å²) in [6, 6.07) is 0. The topological polar surface area (TPSA) is 116 Å². The van der Waals surface area contributed by atoms with E-state index in [9.17, 15) is 9.90 Å². The van der Waals surface area contributed by atoms with E-state index in [1.54, 1.807) is 6.92 Å². The van der Waals surface area contributed by atoms with Gasteiger partial charge in [0.1, 0.15) is 24.9 Å². The van der Waals surface area contributed by atoms with Crippen LogP contribution < -0.4 is 0 Å². The molecule has 90 valence electrons. The van der Waals surface area contributed by atoms with Crippen molar-refractivity contribution < 1.29 is 35.0 Å². The summed E-state index contributed by atoms with van der Waals surface area (Å²) >= 11 is 0.